The van der Waals surface area contributed by atoms with Crippen LogP contribution in [0, 0.1) is 5.82 Å². The molecule has 2 rings (SSSR count). The summed E-state index contributed by atoms with van der Waals surface area (Å²) in [6.07, 6.45) is 3.28. The minimum absolute atomic E-state index is 0.110. The number of halogens is 1. The zero-order valence-corrected chi connectivity index (χ0v) is 8.35. The third-order valence-electron chi connectivity index (χ3n) is 2.23. The van der Waals surface area contributed by atoms with Crippen LogP contribution in [-0.2, 0) is 0 Å². The van der Waals surface area contributed by atoms with E-state index in [1.54, 1.807) is 24.5 Å². The maximum atomic E-state index is 13.2. The Morgan fingerprint density at radius 1 is 1.25 bits per heavy atom. The lowest BCUT2D eigenvalue weighted by atomic mass is 10.0. The molecule has 4 heteroatoms. The molecule has 1 aromatic heterocycles. The number of benzene rings is 1. The fraction of sp³-hybridized carbons (Fsp3) is 0. The van der Waals surface area contributed by atoms with Crippen LogP contribution in [0.1, 0.15) is 10.4 Å². The Hall–Kier alpha value is -2.23. The van der Waals surface area contributed by atoms with Crippen molar-refractivity contribution in [1.82, 2.24) is 4.98 Å². The molecular weight excluding hydrogens is 207 g/mol. The van der Waals surface area contributed by atoms with E-state index < -0.39 is 11.7 Å². The van der Waals surface area contributed by atoms with Gasteiger partial charge in [-0.15, -0.1) is 0 Å². The molecule has 0 aliphatic rings. The highest BCUT2D eigenvalue weighted by molar-refractivity contribution is 5.94. The molecular formula is C12H9FN2O. The van der Waals surface area contributed by atoms with E-state index in [2.05, 4.69) is 4.98 Å². The fourth-order valence-corrected chi connectivity index (χ4v) is 1.43. The minimum Gasteiger partial charge on any atom is -0.366 e. The fourth-order valence-electron chi connectivity index (χ4n) is 1.43. The molecule has 0 fully saturated rings. The monoisotopic (exact) mass is 216 g/mol. The van der Waals surface area contributed by atoms with Gasteiger partial charge in [-0.1, -0.05) is 12.1 Å². The van der Waals surface area contributed by atoms with E-state index in [-0.39, 0.29) is 5.56 Å². The molecule has 0 radical (unpaired) electrons. The number of rotatable bonds is 2. The normalized spacial score (nSPS) is 10.1. The molecule has 0 aliphatic heterocycles. The number of amides is 1. The van der Waals surface area contributed by atoms with Crippen LogP contribution in [0.15, 0.2) is 42.7 Å². The number of hydrogen-bond donors (Lipinski definition) is 1. The molecule has 0 atom stereocenters. The van der Waals surface area contributed by atoms with Crippen molar-refractivity contribution in [3.05, 3.63) is 54.1 Å². The van der Waals surface area contributed by atoms with Crippen molar-refractivity contribution in [2.45, 2.75) is 0 Å². The van der Waals surface area contributed by atoms with Crippen molar-refractivity contribution >= 4 is 5.91 Å². The standard InChI is InChI=1S/C12H9FN2O/c13-11-4-3-8(6-10(11)12(14)16)9-2-1-5-15-7-9/h1-7H,(H2,14,16). The zero-order valence-electron chi connectivity index (χ0n) is 8.35. The maximum Gasteiger partial charge on any atom is 0.251 e. The van der Waals surface area contributed by atoms with Gasteiger partial charge < -0.3 is 5.73 Å². The Bertz CT molecular complexity index is 526. The Balaban J connectivity index is 2.52. The van der Waals surface area contributed by atoms with Gasteiger partial charge in [0.15, 0.2) is 0 Å². The van der Waals surface area contributed by atoms with E-state index in [1.165, 1.54) is 12.1 Å². The molecule has 1 amide bonds. The van der Waals surface area contributed by atoms with Crippen molar-refractivity contribution in [3.63, 3.8) is 0 Å². The molecule has 0 saturated heterocycles. The lowest BCUT2D eigenvalue weighted by molar-refractivity contribution is 0.0996. The Morgan fingerprint density at radius 2 is 2.06 bits per heavy atom. The van der Waals surface area contributed by atoms with Gasteiger partial charge >= 0.3 is 0 Å². The van der Waals surface area contributed by atoms with E-state index in [9.17, 15) is 9.18 Å². The number of hydrogen-bond acceptors (Lipinski definition) is 2. The van der Waals surface area contributed by atoms with Crippen molar-refractivity contribution < 1.29 is 9.18 Å². The molecule has 3 nitrogen and oxygen atoms in total. The summed E-state index contributed by atoms with van der Waals surface area (Å²) in [5, 5.41) is 0. The highest BCUT2D eigenvalue weighted by Gasteiger charge is 2.09. The quantitative estimate of drug-likeness (QED) is 0.834. The summed E-state index contributed by atoms with van der Waals surface area (Å²) in [6, 6.07) is 7.82. The molecule has 0 bridgehead atoms. The van der Waals surface area contributed by atoms with Crippen molar-refractivity contribution in [2.24, 2.45) is 5.73 Å². The number of primary amides is 1. The summed E-state index contributed by atoms with van der Waals surface area (Å²) in [6.45, 7) is 0. The smallest absolute Gasteiger partial charge is 0.251 e. The lowest BCUT2D eigenvalue weighted by Crippen LogP contribution is -2.13. The third-order valence-corrected chi connectivity index (χ3v) is 2.23. The molecule has 0 spiro atoms. The number of pyridine rings is 1. The molecule has 0 unspecified atom stereocenters. The molecule has 16 heavy (non-hydrogen) atoms. The van der Waals surface area contributed by atoms with E-state index in [1.807, 2.05) is 6.07 Å². The molecule has 2 N–H and O–H groups in total. The van der Waals surface area contributed by atoms with Crippen LogP contribution < -0.4 is 5.73 Å². The van der Waals surface area contributed by atoms with Gasteiger partial charge in [-0.05, 0) is 23.8 Å². The van der Waals surface area contributed by atoms with Crippen LogP contribution in [0.5, 0.6) is 0 Å². The van der Waals surface area contributed by atoms with Gasteiger partial charge in [0.05, 0.1) is 5.56 Å². The number of nitrogens with zero attached hydrogens (tertiary/aromatic N) is 1. The van der Waals surface area contributed by atoms with Crippen molar-refractivity contribution in [2.75, 3.05) is 0 Å². The topological polar surface area (TPSA) is 56.0 Å². The second-order valence-corrected chi connectivity index (χ2v) is 3.30. The number of carbonyl (C=O) groups is 1. The summed E-state index contributed by atoms with van der Waals surface area (Å²) < 4.78 is 13.2. The summed E-state index contributed by atoms with van der Waals surface area (Å²) in [7, 11) is 0. The average molecular weight is 216 g/mol. The molecule has 1 aromatic carbocycles. The van der Waals surface area contributed by atoms with E-state index in [4.69, 9.17) is 5.73 Å². The Kier molecular flexibility index (Phi) is 2.64. The van der Waals surface area contributed by atoms with Gasteiger partial charge in [0.1, 0.15) is 5.82 Å². The van der Waals surface area contributed by atoms with Gasteiger partial charge in [-0.25, -0.2) is 4.39 Å². The predicted octanol–water partition coefficient (Wildman–Crippen LogP) is 1.99. The van der Waals surface area contributed by atoms with Crippen molar-refractivity contribution in [3.8, 4) is 11.1 Å². The van der Waals surface area contributed by atoms with Crippen LogP contribution in [0.3, 0.4) is 0 Å². The minimum atomic E-state index is -0.775. The zero-order chi connectivity index (χ0) is 11.5. The first kappa shape index (κ1) is 10.3. The Morgan fingerprint density at radius 3 is 2.69 bits per heavy atom. The SMILES string of the molecule is NC(=O)c1cc(-c2cccnc2)ccc1F. The first-order valence-electron chi connectivity index (χ1n) is 4.68. The van der Waals surface area contributed by atoms with E-state index in [0.717, 1.165) is 5.56 Å². The molecule has 1 heterocycles. The van der Waals surface area contributed by atoms with Gasteiger partial charge in [-0.3, -0.25) is 9.78 Å². The van der Waals surface area contributed by atoms with E-state index >= 15 is 0 Å². The summed E-state index contributed by atoms with van der Waals surface area (Å²) >= 11 is 0. The molecule has 2 aromatic rings. The maximum absolute atomic E-state index is 13.2. The van der Waals surface area contributed by atoms with Gasteiger partial charge in [0, 0.05) is 18.0 Å². The highest BCUT2D eigenvalue weighted by Crippen LogP contribution is 2.20. The third kappa shape index (κ3) is 1.91. The van der Waals surface area contributed by atoms with Crippen molar-refractivity contribution in [1.29, 1.82) is 0 Å². The summed E-state index contributed by atoms with van der Waals surface area (Å²) in [5.74, 6) is -1.39. The second kappa shape index (κ2) is 4.10. The van der Waals surface area contributed by atoms with Gasteiger partial charge in [0.25, 0.3) is 5.91 Å². The molecule has 80 valence electrons. The Labute approximate surface area is 91.7 Å². The number of aromatic nitrogens is 1. The number of carbonyl (C=O) groups excluding carboxylic acids is 1. The summed E-state index contributed by atoms with van der Waals surface area (Å²) in [4.78, 5) is 14.9. The van der Waals surface area contributed by atoms with Gasteiger partial charge in [0.2, 0.25) is 0 Å². The highest BCUT2D eigenvalue weighted by atomic mass is 19.1. The number of nitrogens with two attached hydrogens (primary N) is 1. The first-order valence-corrected chi connectivity index (χ1v) is 4.68. The van der Waals surface area contributed by atoms with E-state index in [0.29, 0.717) is 5.56 Å². The molecule has 0 saturated carbocycles. The van der Waals surface area contributed by atoms with Crippen LogP contribution in [0.25, 0.3) is 11.1 Å². The van der Waals surface area contributed by atoms with Crippen LogP contribution in [-0.4, -0.2) is 10.9 Å². The predicted molar refractivity (Wildman–Crippen MR) is 58.1 cm³/mol. The summed E-state index contributed by atoms with van der Waals surface area (Å²) in [5.41, 5.74) is 6.48. The lowest BCUT2D eigenvalue weighted by Gasteiger charge is -2.03. The average Bonchev–Trinajstić information content (AvgIpc) is 2.30. The van der Waals surface area contributed by atoms with Crippen LogP contribution in [0.2, 0.25) is 0 Å². The first-order chi connectivity index (χ1) is 7.68. The second-order valence-electron chi connectivity index (χ2n) is 3.30. The van der Waals surface area contributed by atoms with Crippen LogP contribution in [0.4, 0.5) is 4.39 Å². The molecule has 0 aliphatic carbocycles. The van der Waals surface area contributed by atoms with Crippen LogP contribution >= 0.6 is 0 Å². The van der Waals surface area contributed by atoms with Gasteiger partial charge in [-0.2, -0.15) is 0 Å². The largest absolute Gasteiger partial charge is 0.366 e.